The molecule has 4 rings (SSSR count). The summed E-state index contributed by atoms with van der Waals surface area (Å²) in [6, 6.07) is 10.9. The number of nitrogens with one attached hydrogen (secondary N) is 2. The molecule has 2 amide bonds. The van der Waals surface area contributed by atoms with Crippen LogP contribution in [0.1, 0.15) is 36.9 Å². The van der Waals surface area contributed by atoms with Crippen molar-refractivity contribution in [1.82, 2.24) is 5.32 Å². The van der Waals surface area contributed by atoms with Crippen molar-refractivity contribution in [2.24, 2.45) is 5.92 Å². The largest absolute Gasteiger partial charge is 0.486 e. The van der Waals surface area contributed by atoms with Crippen molar-refractivity contribution in [2.75, 3.05) is 18.5 Å². The predicted molar refractivity (Wildman–Crippen MR) is 110 cm³/mol. The van der Waals surface area contributed by atoms with Crippen LogP contribution in [-0.4, -0.2) is 25.0 Å². The number of halogens is 1. The lowest BCUT2D eigenvalue weighted by Crippen LogP contribution is -2.28. The number of benzene rings is 2. The lowest BCUT2D eigenvalue weighted by Gasteiger charge is -2.20. The zero-order valence-electron chi connectivity index (χ0n) is 16.2. The first-order chi connectivity index (χ1) is 14.0. The van der Waals surface area contributed by atoms with E-state index < -0.39 is 0 Å². The molecule has 0 aromatic heterocycles. The zero-order chi connectivity index (χ0) is 20.4. The van der Waals surface area contributed by atoms with E-state index in [1.165, 1.54) is 0 Å². The number of amides is 2. The molecule has 1 aliphatic carbocycles. The Morgan fingerprint density at radius 1 is 1.14 bits per heavy atom. The Hall–Kier alpha value is -2.73. The van der Waals surface area contributed by atoms with E-state index in [-0.39, 0.29) is 30.2 Å². The summed E-state index contributed by atoms with van der Waals surface area (Å²) in [5.74, 6) is 1.24. The summed E-state index contributed by atoms with van der Waals surface area (Å²) in [6.45, 7) is 2.85. The summed E-state index contributed by atoms with van der Waals surface area (Å²) in [5.41, 5.74) is 2.50. The molecule has 0 radical (unpaired) electrons. The van der Waals surface area contributed by atoms with Gasteiger partial charge in [-0.2, -0.15) is 0 Å². The Morgan fingerprint density at radius 2 is 1.86 bits per heavy atom. The number of fused-ring (bicyclic) bond motifs is 1. The third-order valence-electron chi connectivity index (χ3n) is 5.03. The predicted octanol–water partition coefficient (Wildman–Crippen LogP) is 3.88. The number of carbonyl (C=O) groups is 2. The van der Waals surface area contributed by atoms with Gasteiger partial charge in [0.25, 0.3) is 0 Å². The highest BCUT2D eigenvalue weighted by atomic mass is 35.5. The van der Waals surface area contributed by atoms with Gasteiger partial charge in [-0.05, 0) is 55.2 Å². The normalized spacial score (nSPS) is 16.1. The van der Waals surface area contributed by atoms with Gasteiger partial charge in [0.15, 0.2) is 11.5 Å². The summed E-state index contributed by atoms with van der Waals surface area (Å²) in [6.07, 6.45) is 2.14. The van der Waals surface area contributed by atoms with Gasteiger partial charge >= 0.3 is 0 Å². The molecule has 0 bridgehead atoms. The maximum Gasteiger partial charge on any atom is 0.227 e. The Balaban J connectivity index is 1.34. The average molecular weight is 415 g/mol. The number of carbonyl (C=O) groups excluding carboxylic acids is 2. The highest BCUT2D eigenvalue weighted by Crippen LogP contribution is 2.38. The van der Waals surface area contributed by atoms with Gasteiger partial charge < -0.3 is 20.1 Å². The molecule has 29 heavy (non-hydrogen) atoms. The van der Waals surface area contributed by atoms with Gasteiger partial charge in [-0.1, -0.05) is 23.7 Å². The lowest BCUT2D eigenvalue weighted by molar-refractivity contribution is -0.121. The number of rotatable bonds is 6. The number of ether oxygens (including phenoxy) is 2. The Bertz CT molecular complexity index is 925. The molecule has 1 fully saturated rings. The molecule has 152 valence electrons. The average Bonchev–Trinajstić information content (AvgIpc) is 3.54. The number of anilines is 1. The van der Waals surface area contributed by atoms with Crippen molar-refractivity contribution in [3.05, 3.63) is 52.5 Å². The molecular formula is C22H23ClN2O4. The molecule has 1 saturated carbocycles. The molecule has 2 aromatic rings. The van der Waals surface area contributed by atoms with Gasteiger partial charge in [0.05, 0.1) is 17.5 Å². The topological polar surface area (TPSA) is 76.7 Å². The first-order valence-corrected chi connectivity index (χ1v) is 10.2. The SMILES string of the molecule is CC(NC(=O)Cc1cc(Cl)c2c(c1)OCCO2)c1ccc(NC(=O)C2CC2)cc1. The van der Waals surface area contributed by atoms with E-state index in [1.807, 2.05) is 31.2 Å². The Labute approximate surface area is 174 Å². The van der Waals surface area contributed by atoms with E-state index in [4.69, 9.17) is 21.1 Å². The zero-order valence-corrected chi connectivity index (χ0v) is 16.9. The highest BCUT2D eigenvalue weighted by Gasteiger charge is 2.29. The standard InChI is InChI=1S/C22H23ClN2O4/c1-13(15-4-6-17(7-5-15)25-22(27)16-2-3-16)24-20(26)12-14-10-18(23)21-19(11-14)28-8-9-29-21/h4-7,10-11,13,16H,2-3,8-9,12H2,1H3,(H,24,26)(H,25,27). The Morgan fingerprint density at radius 3 is 2.59 bits per heavy atom. The van der Waals surface area contributed by atoms with Crippen molar-refractivity contribution in [3.63, 3.8) is 0 Å². The molecule has 0 saturated heterocycles. The van der Waals surface area contributed by atoms with E-state index in [0.717, 1.165) is 29.7 Å². The van der Waals surface area contributed by atoms with Gasteiger partial charge in [0, 0.05) is 11.6 Å². The third-order valence-corrected chi connectivity index (χ3v) is 5.31. The number of hydrogen-bond donors (Lipinski definition) is 2. The quantitative estimate of drug-likeness (QED) is 0.752. The van der Waals surface area contributed by atoms with Crippen molar-refractivity contribution in [2.45, 2.75) is 32.2 Å². The molecule has 1 atom stereocenters. The Kier molecular flexibility index (Phi) is 5.62. The van der Waals surface area contributed by atoms with Gasteiger partial charge in [-0.15, -0.1) is 0 Å². The van der Waals surface area contributed by atoms with Crippen LogP contribution in [0.25, 0.3) is 0 Å². The summed E-state index contributed by atoms with van der Waals surface area (Å²) in [4.78, 5) is 24.3. The minimum atomic E-state index is -0.164. The minimum absolute atomic E-state index is 0.0807. The molecule has 2 aromatic carbocycles. The van der Waals surface area contributed by atoms with Gasteiger partial charge in [-0.25, -0.2) is 0 Å². The molecule has 1 unspecified atom stereocenters. The fourth-order valence-corrected chi connectivity index (χ4v) is 3.56. The second-order valence-electron chi connectivity index (χ2n) is 7.45. The smallest absolute Gasteiger partial charge is 0.227 e. The van der Waals surface area contributed by atoms with Crippen LogP contribution in [0.2, 0.25) is 5.02 Å². The summed E-state index contributed by atoms with van der Waals surface area (Å²) < 4.78 is 11.1. The molecular weight excluding hydrogens is 392 g/mol. The van der Waals surface area contributed by atoms with E-state index in [0.29, 0.717) is 29.7 Å². The van der Waals surface area contributed by atoms with Crippen LogP contribution in [0, 0.1) is 5.92 Å². The highest BCUT2D eigenvalue weighted by molar-refractivity contribution is 6.32. The molecule has 6 nitrogen and oxygen atoms in total. The van der Waals surface area contributed by atoms with Crippen LogP contribution in [0.4, 0.5) is 5.69 Å². The van der Waals surface area contributed by atoms with Crippen molar-refractivity contribution in [1.29, 1.82) is 0 Å². The van der Waals surface area contributed by atoms with Gasteiger partial charge in [0.2, 0.25) is 11.8 Å². The molecule has 2 N–H and O–H groups in total. The van der Waals surface area contributed by atoms with Gasteiger partial charge in [-0.3, -0.25) is 9.59 Å². The second kappa shape index (κ2) is 8.33. The van der Waals surface area contributed by atoms with Crippen LogP contribution in [0.15, 0.2) is 36.4 Å². The fourth-order valence-electron chi connectivity index (χ4n) is 3.27. The van der Waals surface area contributed by atoms with Crippen LogP contribution in [0.3, 0.4) is 0 Å². The second-order valence-corrected chi connectivity index (χ2v) is 7.86. The van der Waals surface area contributed by atoms with Crippen molar-refractivity contribution < 1.29 is 19.1 Å². The monoisotopic (exact) mass is 414 g/mol. The van der Waals surface area contributed by atoms with Crippen LogP contribution < -0.4 is 20.1 Å². The van der Waals surface area contributed by atoms with E-state index in [2.05, 4.69) is 10.6 Å². The third kappa shape index (κ3) is 4.82. The van der Waals surface area contributed by atoms with Crippen LogP contribution in [-0.2, 0) is 16.0 Å². The van der Waals surface area contributed by atoms with E-state index in [9.17, 15) is 9.59 Å². The van der Waals surface area contributed by atoms with Crippen LogP contribution in [0.5, 0.6) is 11.5 Å². The maximum absolute atomic E-state index is 12.5. The van der Waals surface area contributed by atoms with Gasteiger partial charge in [0.1, 0.15) is 13.2 Å². The van der Waals surface area contributed by atoms with Crippen molar-refractivity contribution in [3.8, 4) is 11.5 Å². The lowest BCUT2D eigenvalue weighted by atomic mass is 10.1. The number of hydrogen-bond acceptors (Lipinski definition) is 4. The van der Waals surface area contributed by atoms with E-state index >= 15 is 0 Å². The van der Waals surface area contributed by atoms with E-state index in [1.54, 1.807) is 12.1 Å². The summed E-state index contributed by atoms with van der Waals surface area (Å²) in [5, 5.41) is 6.35. The van der Waals surface area contributed by atoms with Crippen molar-refractivity contribution >= 4 is 29.1 Å². The first kappa shape index (κ1) is 19.6. The maximum atomic E-state index is 12.5. The molecule has 0 spiro atoms. The molecule has 1 heterocycles. The molecule has 1 aliphatic heterocycles. The first-order valence-electron chi connectivity index (χ1n) is 9.78. The summed E-state index contributed by atoms with van der Waals surface area (Å²) >= 11 is 6.24. The summed E-state index contributed by atoms with van der Waals surface area (Å²) in [7, 11) is 0. The molecule has 7 heteroatoms. The minimum Gasteiger partial charge on any atom is -0.486 e. The van der Waals surface area contributed by atoms with Crippen LogP contribution >= 0.6 is 11.6 Å². The molecule has 2 aliphatic rings. The fraction of sp³-hybridized carbons (Fsp3) is 0.364.